The third-order valence-electron chi connectivity index (χ3n) is 6.29. The maximum Gasteiger partial charge on any atom is 0.415 e. The summed E-state index contributed by atoms with van der Waals surface area (Å²) >= 11 is 0. The molecule has 0 spiro atoms. The topological polar surface area (TPSA) is 113 Å². The number of hydrogen-bond donors (Lipinski definition) is 1. The number of nitrogens with one attached hydrogen (secondary N) is 1. The van der Waals surface area contributed by atoms with Crippen molar-refractivity contribution in [2.24, 2.45) is 5.92 Å². The molecule has 0 saturated heterocycles. The molecule has 0 aliphatic heterocycles. The lowest BCUT2D eigenvalue weighted by Gasteiger charge is -2.42. The highest BCUT2D eigenvalue weighted by Gasteiger charge is 2.52. The molecule has 0 aliphatic rings. The SMILES string of the molecule is CCOC(=O)c1ccn(CC(=O)NC(C(C)C)C(O[Si](C)(C)C(C)(C)C)C(F)(F)F)c(=O)c1C(=O)OC. The Bertz CT molecular complexity index is 1050. The van der Waals surface area contributed by atoms with Crippen LogP contribution in [0.3, 0.4) is 0 Å². The summed E-state index contributed by atoms with van der Waals surface area (Å²) in [4.78, 5) is 50.1. The Labute approximate surface area is 215 Å². The van der Waals surface area contributed by atoms with Gasteiger partial charge in [-0.2, -0.15) is 13.2 Å². The molecule has 37 heavy (non-hydrogen) atoms. The van der Waals surface area contributed by atoms with Gasteiger partial charge in [-0.05, 0) is 37.0 Å². The lowest BCUT2D eigenvalue weighted by molar-refractivity contribution is -0.210. The Morgan fingerprint density at radius 3 is 2.11 bits per heavy atom. The maximum absolute atomic E-state index is 14.1. The van der Waals surface area contributed by atoms with Gasteiger partial charge in [0.2, 0.25) is 5.91 Å². The molecular weight excluding hydrogens is 513 g/mol. The Morgan fingerprint density at radius 2 is 1.68 bits per heavy atom. The number of halogens is 3. The van der Waals surface area contributed by atoms with Crippen molar-refractivity contribution in [3.05, 3.63) is 33.7 Å². The van der Waals surface area contributed by atoms with Crippen molar-refractivity contribution in [3.8, 4) is 0 Å². The molecule has 0 saturated carbocycles. The molecule has 1 N–H and O–H groups in total. The van der Waals surface area contributed by atoms with Crippen LogP contribution in [0.15, 0.2) is 17.1 Å². The van der Waals surface area contributed by atoms with Gasteiger partial charge < -0.3 is 23.8 Å². The van der Waals surface area contributed by atoms with E-state index in [0.717, 1.165) is 23.9 Å². The minimum Gasteiger partial charge on any atom is -0.465 e. The molecule has 1 aromatic rings. The van der Waals surface area contributed by atoms with Crippen LogP contribution in [0.5, 0.6) is 0 Å². The molecule has 1 rings (SSSR count). The number of ether oxygens (including phenoxy) is 2. The van der Waals surface area contributed by atoms with Gasteiger partial charge in [0.05, 0.1) is 25.3 Å². The van der Waals surface area contributed by atoms with E-state index in [4.69, 9.17) is 9.16 Å². The molecule has 0 bridgehead atoms. The van der Waals surface area contributed by atoms with Gasteiger partial charge in [0, 0.05) is 6.20 Å². The number of rotatable bonds is 10. The third kappa shape index (κ3) is 8.16. The number of carbonyl (C=O) groups is 3. The van der Waals surface area contributed by atoms with Crippen LogP contribution < -0.4 is 10.9 Å². The lowest BCUT2D eigenvalue weighted by Crippen LogP contribution is -2.59. The average Bonchev–Trinajstić information content (AvgIpc) is 2.75. The highest BCUT2D eigenvalue weighted by molar-refractivity contribution is 6.74. The highest BCUT2D eigenvalue weighted by atomic mass is 28.4. The predicted molar refractivity (Wildman–Crippen MR) is 133 cm³/mol. The Morgan fingerprint density at radius 1 is 1.11 bits per heavy atom. The van der Waals surface area contributed by atoms with Crippen LogP contribution in [0, 0.1) is 5.92 Å². The van der Waals surface area contributed by atoms with E-state index in [-0.39, 0.29) is 12.2 Å². The summed E-state index contributed by atoms with van der Waals surface area (Å²) < 4.78 is 58.4. The van der Waals surface area contributed by atoms with E-state index < -0.39 is 73.1 Å². The van der Waals surface area contributed by atoms with Gasteiger partial charge in [0.1, 0.15) is 12.1 Å². The summed E-state index contributed by atoms with van der Waals surface area (Å²) in [6, 6.07) is -0.339. The number of amides is 1. The van der Waals surface area contributed by atoms with E-state index in [1.54, 1.807) is 33.9 Å². The van der Waals surface area contributed by atoms with E-state index in [1.807, 2.05) is 0 Å². The zero-order valence-corrected chi connectivity index (χ0v) is 23.7. The molecule has 1 aromatic heterocycles. The van der Waals surface area contributed by atoms with Crippen molar-refractivity contribution in [2.75, 3.05) is 13.7 Å². The van der Waals surface area contributed by atoms with Crippen molar-refractivity contribution in [1.82, 2.24) is 9.88 Å². The highest BCUT2D eigenvalue weighted by Crippen LogP contribution is 2.41. The fraction of sp³-hybridized carbons (Fsp3) is 0.667. The number of hydrogen-bond acceptors (Lipinski definition) is 7. The van der Waals surface area contributed by atoms with Gasteiger partial charge in [0.25, 0.3) is 5.56 Å². The van der Waals surface area contributed by atoms with Gasteiger partial charge in [-0.15, -0.1) is 0 Å². The van der Waals surface area contributed by atoms with E-state index in [9.17, 15) is 32.3 Å². The summed E-state index contributed by atoms with van der Waals surface area (Å²) in [7, 11) is -1.88. The van der Waals surface area contributed by atoms with E-state index in [1.165, 1.54) is 20.8 Å². The van der Waals surface area contributed by atoms with E-state index in [2.05, 4.69) is 10.1 Å². The molecule has 1 amide bonds. The molecule has 0 radical (unpaired) electrons. The second kappa shape index (κ2) is 12.2. The third-order valence-corrected chi connectivity index (χ3v) is 10.7. The normalized spacial score (nSPS) is 14.2. The standard InChI is InChI=1S/C24H37F3N2O7Si/c1-10-35-21(32)15-11-12-29(20(31)17(15)22(33)34-7)13-16(30)28-18(14(2)3)19(24(25,26)27)36-37(8,9)23(4,5)6/h11-12,14,18-19H,10,13H2,1-9H3,(H,28,30). The molecule has 9 nitrogen and oxygen atoms in total. The molecule has 0 fully saturated rings. The number of nitrogens with zero attached hydrogens (tertiary/aromatic N) is 1. The molecule has 2 unspecified atom stereocenters. The van der Waals surface area contributed by atoms with Crippen molar-refractivity contribution in [3.63, 3.8) is 0 Å². The van der Waals surface area contributed by atoms with Crippen LogP contribution in [0.4, 0.5) is 13.2 Å². The zero-order chi connectivity index (χ0) is 28.9. The van der Waals surface area contributed by atoms with Gasteiger partial charge in [0.15, 0.2) is 14.4 Å². The first-order valence-electron chi connectivity index (χ1n) is 11.8. The fourth-order valence-electron chi connectivity index (χ4n) is 3.19. The van der Waals surface area contributed by atoms with Gasteiger partial charge in [-0.1, -0.05) is 34.6 Å². The maximum atomic E-state index is 14.1. The van der Waals surface area contributed by atoms with Crippen molar-refractivity contribution < 1.29 is 41.5 Å². The van der Waals surface area contributed by atoms with Crippen molar-refractivity contribution >= 4 is 26.2 Å². The number of aromatic nitrogens is 1. The van der Waals surface area contributed by atoms with Crippen LogP contribution in [-0.2, 0) is 25.2 Å². The lowest BCUT2D eigenvalue weighted by atomic mass is 9.98. The smallest absolute Gasteiger partial charge is 0.415 e. The fourth-order valence-corrected chi connectivity index (χ4v) is 4.46. The van der Waals surface area contributed by atoms with Gasteiger partial charge >= 0.3 is 18.1 Å². The largest absolute Gasteiger partial charge is 0.465 e. The van der Waals surface area contributed by atoms with Crippen LogP contribution in [0.1, 0.15) is 62.3 Å². The zero-order valence-electron chi connectivity index (χ0n) is 22.7. The Balaban J connectivity index is 3.36. The number of methoxy groups -OCH3 is 1. The van der Waals surface area contributed by atoms with Crippen molar-refractivity contribution in [2.45, 2.75) is 84.5 Å². The molecule has 13 heteroatoms. The summed E-state index contributed by atoms with van der Waals surface area (Å²) in [5.41, 5.74) is -2.03. The molecule has 0 aliphatic carbocycles. The molecule has 1 heterocycles. The van der Waals surface area contributed by atoms with E-state index >= 15 is 0 Å². The van der Waals surface area contributed by atoms with E-state index in [0.29, 0.717) is 0 Å². The first kappa shape index (κ1) is 32.4. The quantitative estimate of drug-likeness (QED) is 0.347. The minimum atomic E-state index is -4.77. The first-order valence-corrected chi connectivity index (χ1v) is 14.7. The number of esters is 2. The molecule has 2 atom stereocenters. The first-order chi connectivity index (χ1) is 16.8. The van der Waals surface area contributed by atoms with Crippen molar-refractivity contribution in [1.29, 1.82) is 0 Å². The summed E-state index contributed by atoms with van der Waals surface area (Å²) in [5.74, 6) is -3.64. The van der Waals surface area contributed by atoms with Gasteiger partial charge in [-0.3, -0.25) is 9.59 Å². The molecular formula is C24H37F3N2O7Si. The summed E-state index contributed by atoms with van der Waals surface area (Å²) in [6.45, 7) is 12.6. The summed E-state index contributed by atoms with van der Waals surface area (Å²) in [5, 5.41) is 1.85. The predicted octanol–water partition coefficient (Wildman–Crippen LogP) is 3.91. The van der Waals surface area contributed by atoms with Crippen LogP contribution in [0.25, 0.3) is 0 Å². The minimum absolute atomic E-state index is 0.0150. The number of pyridine rings is 1. The average molecular weight is 551 g/mol. The number of alkyl halides is 3. The molecule has 210 valence electrons. The van der Waals surface area contributed by atoms with Crippen LogP contribution in [0.2, 0.25) is 18.1 Å². The molecule has 0 aromatic carbocycles. The second-order valence-electron chi connectivity index (χ2n) is 10.4. The Hall–Kier alpha value is -2.67. The Kier molecular flexibility index (Phi) is 10.7. The second-order valence-corrected chi connectivity index (χ2v) is 15.2. The monoisotopic (exact) mass is 550 g/mol. The van der Waals surface area contributed by atoms with Crippen LogP contribution >= 0.6 is 0 Å². The van der Waals surface area contributed by atoms with Crippen LogP contribution in [-0.4, -0.2) is 62.8 Å². The summed E-state index contributed by atoms with van der Waals surface area (Å²) in [6.07, 6.45) is -5.96. The van der Waals surface area contributed by atoms with Gasteiger partial charge in [-0.25, -0.2) is 9.59 Å². The number of carbonyl (C=O) groups excluding carboxylic acids is 3.